The van der Waals surface area contributed by atoms with E-state index in [9.17, 15) is 5.11 Å². The molecule has 0 aromatic heterocycles. The molecule has 0 bridgehead atoms. The number of nitrogens with zero attached hydrogens (tertiary/aromatic N) is 1. The lowest BCUT2D eigenvalue weighted by Crippen LogP contribution is -2.44. The van der Waals surface area contributed by atoms with Gasteiger partial charge >= 0.3 is 0 Å². The highest BCUT2D eigenvalue weighted by Crippen LogP contribution is 2.30. The van der Waals surface area contributed by atoms with Crippen molar-refractivity contribution in [2.45, 2.75) is 76.5 Å². The van der Waals surface area contributed by atoms with Gasteiger partial charge in [-0.2, -0.15) is 0 Å². The van der Waals surface area contributed by atoms with E-state index in [1.54, 1.807) is 0 Å². The maximum Gasteiger partial charge on any atom is 0.0541 e. The zero-order valence-electron chi connectivity index (χ0n) is 9.99. The van der Waals surface area contributed by atoms with E-state index in [1.807, 2.05) is 0 Å². The van der Waals surface area contributed by atoms with E-state index < -0.39 is 0 Å². The summed E-state index contributed by atoms with van der Waals surface area (Å²) in [7, 11) is 0. The van der Waals surface area contributed by atoms with Crippen LogP contribution in [0.25, 0.3) is 0 Å². The molecule has 2 nitrogen and oxygen atoms in total. The van der Waals surface area contributed by atoms with Gasteiger partial charge in [-0.3, -0.25) is 4.90 Å². The zero-order valence-corrected chi connectivity index (χ0v) is 9.99. The van der Waals surface area contributed by atoms with E-state index >= 15 is 0 Å². The van der Waals surface area contributed by atoms with Crippen molar-refractivity contribution >= 4 is 0 Å². The maximum absolute atomic E-state index is 9.53. The van der Waals surface area contributed by atoms with Crippen molar-refractivity contribution in [3.05, 3.63) is 0 Å². The van der Waals surface area contributed by atoms with E-state index in [-0.39, 0.29) is 6.10 Å². The number of aliphatic hydroxyl groups is 1. The Bertz CT molecular complexity index is 181. The van der Waals surface area contributed by atoms with Gasteiger partial charge in [0.15, 0.2) is 0 Å². The van der Waals surface area contributed by atoms with Gasteiger partial charge in [-0.1, -0.05) is 19.8 Å². The van der Waals surface area contributed by atoms with Gasteiger partial charge in [0.2, 0.25) is 0 Å². The summed E-state index contributed by atoms with van der Waals surface area (Å²) >= 11 is 0. The summed E-state index contributed by atoms with van der Waals surface area (Å²) in [5.74, 6) is 0. The third-order valence-corrected chi connectivity index (χ3v) is 4.29. The fourth-order valence-electron chi connectivity index (χ4n) is 3.44. The predicted molar refractivity (Wildman–Crippen MR) is 62.9 cm³/mol. The van der Waals surface area contributed by atoms with Crippen LogP contribution in [0.5, 0.6) is 0 Å². The van der Waals surface area contributed by atoms with Crippen LogP contribution in [0.15, 0.2) is 0 Å². The molecular formula is C13H25NO. The van der Waals surface area contributed by atoms with Crippen molar-refractivity contribution < 1.29 is 5.11 Å². The minimum Gasteiger partial charge on any atom is -0.393 e. The zero-order chi connectivity index (χ0) is 10.7. The standard InChI is InChI=1S/C13H25NO/c1-2-14(11-5-3-4-6-11)12-7-9-13(15)10-8-12/h11-13,15H,2-10H2,1H3. The van der Waals surface area contributed by atoms with E-state index in [0.717, 1.165) is 24.9 Å². The summed E-state index contributed by atoms with van der Waals surface area (Å²) in [5.41, 5.74) is 0. The molecule has 0 radical (unpaired) electrons. The average Bonchev–Trinajstić information content (AvgIpc) is 2.75. The first-order chi connectivity index (χ1) is 7.31. The van der Waals surface area contributed by atoms with Crippen LogP contribution in [0.1, 0.15) is 58.3 Å². The van der Waals surface area contributed by atoms with Gasteiger partial charge in [0, 0.05) is 12.1 Å². The molecule has 2 rings (SSSR count). The second kappa shape index (κ2) is 5.31. The molecule has 0 heterocycles. The molecule has 0 aromatic rings. The van der Waals surface area contributed by atoms with Crippen molar-refractivity contribution in [2.24, 2.45) is 0 Å². The smallest absolute Gasteiger partial charge is 0.0541 e. The Morgan fingerprint density at radius 2 is 1.47 bits per heavy atom. The molecule has 2 fully saturated rings. The topological polar surface area (TPSA) is 23.5 Å². The van der Waals surface area contributed by atoms with Crippen molar-refractivity contribution in [2.75, 3.05) is 6.54 Å². The van der Waals surface area contributed by atoms with Crippen molar-refractivity contribution in [1.82, 2.24) is 4.90 Å². The Kier molecular flexibility index (Phi) is 4.04. The summed E-state index contributed by atoms with van der Waals surface area (Å²) < 4.78 is 0. The van der Waals surface area contributed by atoms with Crippen LogP contribution in [0.4, 0.5) is 0 Å². The largest absolute Gasteiger partial charge is 0.393 e. The molecule has 0 amide bonds. The maximum atomic E-state index is 9.53. The normalized spacial score (nSPS) is 33.8. The fourth-order valence-corrected chi connectivity index (χ4v) is 3.44. The molecule has 88 valence electrons. The Hall–Kier alpha value is -0.0800. The molecule has 0 spiro atoms. The number of hydrogen-bond donors (Lipinski definition) is 1. The number of hydrogen-bond acceptors (Lipinski definition) is 2. The highest BCUT2D eigenvalue weighted by molar-refractivity contribution is 4.85. The molecule has 15 heavy (non-hydrogen) atoms. The first-order valence-corrected chi connectivity index (χ1v) is 6.75. The first-order valence-electron chi connectivity index (χ1n) is 6.75. The van der Waals surface area contributed by atoms with Crippen LogP contribution < -0.4 is 0 Å². The van der Waals surface area contributed by atoms with Gasteiger partial charge in [0.1, 0.15) is 0 Å². The van der Waals surface area contributed by atoms with Gasteiger partial charge in [-0.05, 0) is 45.1 Å². The fraction of sp³-hybridized carbons (Fsp3) is 1.00. The van der Waals surface area contributed by atoms with Gasteiger partial charge in [0.05, 0.1) is 6.10 Å². The molecule has 2 aliphatic rings. The van der Waals surface area contributed by atoms with Crippen LogP contribution >= 0.6 is 0 Å². The highest BCUT2D eigenvalue weighted by Gasteiger charge is 2.30. The van der Waals surface area contributed by atoms with Crippen LogP contribution in [-0.2, 0) is 0 Å². The third-order valence-electron chi connectivity index (χ3n) is 4.29. The van der Waals surface area contributed by atoms with Crippen molar-refractivity contribution in [3.63, 3.8) is 0 Å². The summed E-state index contributed by atoms with van der Waals surface area (Å²) in [6.45, 7) is 3.49. The molecule has 0 aliphatic heterocycles. The lowest BCUT2D eigenvalue weighted by atomic mass is 9.91. The van der Waals surface area contributed by atoms with E-state index in [1.165, 1.54) is 45.1 Å². The minimum atomic E-state index is -0.0106. The first kappa shape index (κ1) is 11.4. The molecule has 0 aromatic carbocycles. The molecule has 2 heteroatoms. The van der Waals surface area contributed by atoms with Crippen LogP contribution in [0.2, 0.25) is 0 Å². The summed E-state index contributed by atoms with van der Waals surface area (Å²) in [4.78, 5) is 2.72. The molecule has 2 saturated carbocycles. The molecule has 0 atom stereocenters. The lowest BCUT2D eigenvalue weighted by Gasteiger charge is -2.39. The molecule has 0 saturated heterocycles. The minimum absolute atomic E-state index is 0.0106. The van der Waals surface area contributed by atoms with E-state index in [2.05, 4.69) is 11.8 Å². The summed E-state index contributed by atoms with van der Waals surface area (Å²) in [5, 5.41) is 9.53. The Balaban J connectivity index is 1.88. The van der Waals surface area contributed by atoms with Crippen LogP contribution in [0.3, 0.4) is 0 Å². The summed E-state index contributed by atoms with van der Waals surface area (Å²) in [6.07, 6.45) is 10.1. The Morgan fingerprint density at radius 1 is 0.933 bits per heavy atom. The van der Waals surface area contributed by atoms with Gasteiger partial charge in [-0.15, -0.1) is 0 Å². The molecule has 2 aliphatic carbocycles. The molecule has 0 unspecified atom stereocenters. The second-order valence-electron chi connectivity index (χ2n) is 5.23. The number of rotatable bonds is 3. The van der Waals surface area contributed by atoms with Gasteiger partial charge in [-0.25, -0.2) is 0 Å². The van der Waals surface area contributed by atoms with E-state index in [4.69, 9.17) is 0 Å². The highest BCUT2D eigenvalue weighted by atomic mass is 16.3. The van der Waals surface area contributed by atoms with Crippen molar-refractivity contribution in [3.8, 4) is 0 Å². The monoisotopic (exact) mass is 211 g/mol. The van der Waals surface area contributed by atoms with Gasteiger partial charge in [0.25, 0.3) is 0 Å². The molecule has 1 N–H and O–H groups in total. The summed E-state index contributed by atoms with van der Waals surface area (Å²) in [6, 6.07) is 1.62. The van der Waals surface area contributed by atoms with Crippen molar-refractivity contribution in [1.29, 1.82) is 0 Å². The average molecular weight is 211 g/mol. The lowest BCUT2D eigenvalue weighted by molar-refractivity contribution is 0.0560. The van der Waals surface area contributed by atoms with Crippen LogP contribution in [0, 0.1) is 0 Å². The SMILES string of the molecule is CCN(C1CCCC1)C1CCC(O)CC1. The third kappa shape index (κ3) is 2.73. The Labute approximate surface area is 93.7 Å². The molecular weight excluding hydrogens is 186 g/mol. The second-order valence-corrected chi connectivity index (χ2v) is 5.23. The van der Waals surface area contributed by atoms with Gasteiger partial charge < -0.3 is 5.11 Å². The quantitative estimate of drug-likeness (QED) is 0.775. The van der Waals surface area contributed by atoms with Crippen LogP contribution in [-0.4, -0.2) is 34.7 Å². The van der Waals surface area contributed by atoms with E-state index in [0.29, 0.717) is 0 Å². The number of aliphatic hydroxyl groups excluding tert-OH is 1. The predicted octanol–water partition coefficient (Wildman–Crippen LogP) is 2.55. The Morgan fingerprint density at radius 3 is 2.00 bits per heavy atom.